The number of para-hydroxylation sites is 1. The summed E-state index contributed by atoms with van der Waals surface area (Å²) in [6, 6.07) is 9.46. The summed E-state index contributed by atoms with van der Waals surface area (Å²) in [6.07, 6.45) is 1.55. The van der Waals surface area contributed by atoms with Crippen molar-refractivity contribution in [1.29, 1.82) is 5.26 Å². The van der Waals surface area contributed by atoms with Crippen LogP contribution in [0.1, 0.15) is 18.9 Å². The van der Waals surface area contributed by atoms with Crippen LogP contribution in [-0.2, 0) is 6.42 Å². The summed E-state index contributed by atoms with van der Waals surface area (Å²) in [6.45, 7) is 3.27. The van der Waals surface area contributed by atoms with E-state index in [2.05, 4.69) is 18.3 Å². The van der Waals surface area contributed by atoms with Gasteiger partial charge in [0.25, 0.3) is 0 Å². The van der Waals surface area contributed by atoms with E-state index in [1.807, 2.05) is 24.3 Å². The fourth-order valence-electron chi connectivity index (χ4n) is 1.61. The maximum atomic E-state index is 8.97. The molecule has 0 amide bonds. The molecule has 4 nitrogen and oxygen atoms in total. The molecule has 1 aromatic carbocycles. The fourth-order valence-corrected chi connectivity index (χ4v) is 1.61. The topological polar surface area (TPSA) is 65.3 Å². The van der Waals surface area contributed by atoms with Crippen LogP contribution in [0.25, 0.3) is 0 Å². The van der Waals surface area contributed by atoms with Gasteiger partial charge in [-0.1, -0.05) is 25.1 Å². The molecular weight excluding hydrogens is 228 g/mol. The van der Waals surface area contributed by atoms with Crippen LogP contribution in [0.2, 0.25) is 0 Å². The van der Waals surface area contributed by atoms with Crippen molar-refractivity contribution in [2.24, 2.45) is 0 Å². The van der Waals surface area contributed by atoms with Crippen LogP contribution < -0.4 is 10.1 Å². The number of hydrogen-bond donors (Lipinski definition) is 2. The molecule has 0 radical (unpaired) electrons. The van der Waals surface area contributed by atoms with Crippen molar-refractivity contribution >= 4 is 0 Å². The summed E-state index contributed by atoms with van der Waals surface area (Å²) in [5.74, 6) is 0.741. The number of aliphatic hydroxyl groups is 1. The Morgan fingerprint density at radius 3 is 2.89 bits per heavy atom. The first-order valence-electron chi connectivity index (χ1n) is 6.26. The summed E-state index contributed by atoms with van der Waals surface area (Å²) >= 11 is 0. The summed E-state index contributed by atoms with van der Waals surface area (Å²) in [5, 5.41) is 21.0. The summed E-state index contributed by atoms with van der Waals surface area (Å²) < 4.78 is 5.64. The van der Waals surface area contributed by atoms with Crippen molar-refractivity contribution in [1.82, 2.24) is 5.32 Å². The zero-order valence-electron chi connectivity index (χ0n) is 10.7. The number of nitrogens with one attached hydrogen (secondary N) is 1. The van der Waals surface area contributed by atoms with Crippen molar-refractivity contribution in [3.8, 4) is 11.8 Å². The monoisotopic (exact) mass is 248 g/mol. The Morgan fingerprint density at radius 2 is 2.22 bits per heavy atom. The Hall–Kier alpha value is -1.57. The SMILES string of the molecule is CCCNC(C#N)COc1ccccc1CCO. The molecule has 1 rings (SSSR count). The van der Waals surface area contributed by atoms with Crippen molar-refractivity contribution in [3.63, 3.8) is 0 Å². The molecule has 0 saturated heterocycles. The number of rotatable bonds is 8. The average molecular weight is 248 g/mol. The summed E-state index contributed by atoms with van der Waals surface area (Å²) in [5.41, 5.74) is 0.965. The average Bonchev–Trinajstić information content (AvgIpc) is 2.41. The molecule has 0 fully saturated rings. The van der Waals surface area contributed by atoms with Crippen molar-refractivity contribution < 1.29 is 9.84 Å². The normalized spacial score (nSPS) is 11.8. The van der Waals surface area contributed by atoms with Gasteiger partial charge in [0, 0.05) is 6.61 Å². The van der Waals surface area contributed by atoms with Crippen LogP contribution in [0.15, 0.2) is 24.3 Å². The summed E-state index contributed by atoms with van der Waals surface area (Å²) in [7, 11) is 0. The second-order valence-electron chi connectivity index (χ2n) is 4.03. The van der Waals surface area contributed by atoms with E-state index in [0.717, 1.165) is 24.3 Å². The third-order valence-electron chi connectivity index (χ3n) is 2.56. The number of benzene rings is 1. The highest BCUT2D eigenvalue weighted by Crippen LogP contribution is 2.18. The molecule has 0 saturated carbocycles. The number of aliphatic hydroxyl groups excluding tert-OH is 1. The van der Waals surface area contributed by atoms with Gasteiger partial charge in [-0.15, -0.1) is 0 Å². The van der Waals surface area contributed by atoms with Gasteiger partial charge in [-0.3, -0.25) is 5.32 Å². The van der Waals surface area contributed by atoms with E-state index in [-0.39, 0.29) is 12.6 Å². The minimum atomic E-state index is -0.299. The number of hydrogen-bond acceptors (Lipinski definition) is 4. The van der Waals surface area contributed by atoms with Crippen LogP contribution in [0, 0.1) is 11.3 Å². The van der Waals surface area contributed by atoms with E-state index >= 15 is 0 Å². The highest BCUT2D eigenvalue weighted by molar-refractivity contribution is 5.33. The number of nitrogens with zero attached hydrogens (tertiary/aromatic N) is 1. The third-order valence-corrected chi connectivity index (χ3v) is 2.56. The molecule has 18 heavy (non-hydrogen) atoms. The van der Waals surface area contributed by atoms with E-state index in [4.69, 9.17) is 15.1 Å². The molecule has 1 atom stereocenters. The maximum Gasteiger partial charge on any atom is 0.130 e. The van der Waals surface area contributed by atoms with Gasteiger partial charge < -0.3 is 9.84 Å². The van der Waals surface area contributed by atoms with Crippen LogP contribution in [-0.4, -0.2) is 30.9 Å². The predicted molar refractivity (Wildman–Crippen MR) is 70.4 cm³/mol. The molecule has 4 heteroatoms. The van der Waals surface area contributed by atoms with Crippen LogP contribution in [0.4, 0.5) is 0 Å². The largest absolute Gasteiger partial charge is 0.491 e. The van der Waals surface area contributed by atoms with Crippen molar-refractivity contribution in [2.45, 2.75) is 25.8 Å². The molecule has 1 aromatic rings. The highest BCUT2D eigenvalue weighted by Gasteiger charge is 2.08. The van der Waals surface area contributed by atoms with Crippen LogP contribution >= 0.6 is 0 Å². The lowest BCUT2D eigenvalue weighted by atomic mass is 10.1. The number of nitriles is 1. The van der Waals surface area contributed by atoms with Crippen LogP contribution in [0.3, 0.4) is 0 Å². The van der Waals surface area contributed by atoms with Gasteiger partial charge in [-0.05, 0) is 31.0 Å². The molecule has 0 aliphatic carbocycles. The molecule has 1 unspecified atom stereocenters. The lowest BCUT2D eigenvalue weighted by Gasteiger charge is -2.14. The minimum absolute atomic E-state index is 0.0934. The molecule has 0 bridgehead atoms. The van der Waals surface area contributed by atoms with Gasteiger partial charge in [-0.2, -0.15) is 5.26 Å². The van der Waals surface area contributed by atoms with Crippen molar-refractivity contribution in [2.75, 3.05) is 19.8 Å². The van der Waals surface area contributed by atoms with E-state index in [9.17, 15) is 0 Å². The van der Waals surface area contributed by atoms with Gasteiger partial charge in [0.1, 0.15) is 18.4 Å². The van der Waals surface area contributed by atoms with E-state index in [0.29, 0.717) is 13.0 Å². The first kappa shape index (κ1) is 14.5. The molecule has 0 aliphatic rings. The predicted octanol–water partition coefficient (Wildman–Crippen LogP) is 1.49. The highest BCUT2D eigenvalue weighted by atomic mass is 16.5. The van der Waals surface area contributed by atoms with Crippen molar-refractivity contribution in [3.05, 3.63) is 29.8 Å². The Kier molecular flexibility index (Phi) is 6.85. The molecule has 0 aromatic heterocycles. The van der Waals surface area contributed by atoms with E-state index < -0.39 is 0 Å². The molecule has 2 N–H and O–H groups in total. The van der Waals surface area contributed by atoms with E-state index in [1.165, 1.54) is 0 Å². The van der Waals surface area contributed by atoms with Gasteiger partial charge in [0.2, 0.25) is 0 Å². The van der Waals surface area contributed by atoms with Gasteiger partial charge >= 0.3 is 0 Å². The lowest BCUT2D eigenvalue weighted by molar-refractivity contribution is 0.276. The first-order chi connectivity index (χ1) is 8.81. The number of ether oxygens (including phenoxy) is 1. The van der Waals surface area contributed by atoms with Gasteiger partial charge in [0.05, 0.1) is 6.07 Å². The zero-order chi connectivity index (χ0) is 13.2. The maximum absolute atomic E-state index is 8.97. The van der Waals surface area contributed by atoms with E-state index in [1.54, 1.807) is 0 Å². The van der Waals surface area contributed by atoms with Gasteiger partial charge in [0.15, 0.2) is 0 Å². The zero-order valence-corrected chi connectivity index (χ0v) is 10.7. The quantitative estimate of drug-likeness (QED) is 0.731. The lowest BCUT2D eigenvalue weighted by Crippen LogP contribution is -2.33. The Bertz CT molecular complexity index is 388. The van der Waals surface area contributed by atoms with Gasteiger partial charge in [-0.25, -0.2) is 0 Å². The minimum Gasteiger partial charge on any atom is -0.491 e. The molecular formula is C14H20N2O2. The molecule has 0 heterocycles. The molecule has 98 valence electrons. The fraction of sp³-hybridized carbons (Fsp3) is 0.500. The molecule has 0 aliphatic heterocycles. The van der Waals surface area contributed by atoms with Crippen LogP contribution in [0.5, 0.6) is 5.75 Å². The Morgan fingerprint density at radius 1 is 1.44 bits per heavy atom. The summed E-state index contributed by atoms with van der Waals surface area (Å²) in [4.78, 5) is 0. The Labute approximate surface area is 108 Å². The third kappa shape index (κ3) is 4.74. The first-order valence-corrected chi connectivity index (χ1v) is 6.26. The molecule has 0 spiro atoms. The standard InChI is InChI=1S/C14H20N2O2/c1-2-8-16-13(10-15)11-18-14-6-4-3-5-12(14)7-9-17/h3-6,13,16-17H,2,7-9,11H2,1H3. The second kappa shape index (κ2) is 8.51. The smallest absolute Gasteiger partial charge is 0.130 e. The Balaban J connectivity index is 2.53. The second-order valence-corrected chi connectivity index (χ2v) is 4.03.